The van der Waals surface area contributed by atoms with Crippen molar-refractivity contribution in [2.75, 3.05) is 45.8 Å². The first-order valence-corrected chi connectivity index (χ1v) is 10.1. The summed E-state index contributed by atoms with van der Waals surface area (Å²) in [6, 6.07) is 0.965. The average Bonchev–Trinajstić information content (AvgIpc) is 2.61. The van der Waals surface area contributed by atoms with E-state index in [0.717, 1.165) is 58.7 Å². The summed E-state index contributed by atoms with van der Waals surface area (Å²) < 4.78 is 5.72. The van der Waals surface area contributed by atoms with Crippen molar-refractivity contribution in [3.8, 4) is 0 Å². The van der Waals surface area contributed by atoms with Gasteiger partial charge in [-0.05, 0) is 78.6 Å². The monoisotopic (exact) mass is 352 g/mol. The zero-order valence-corrected chi connectivity index (χ0v) is 16.2. The SMILES string of the molecule is CC(C)(C)OC(=O)N1CCN(C2CCNCC2)CC1C1CCNCC1. The van der Waals surface area contributed by atoms with E-state index < -0.39 is 5.60 Å². The molecule has 144 valence electrons. The molecule has 6 nitrogen and oxygen atoms in total. The van der Waals surface area contributed by atoms with Crippen molar-refractivity contribution in [3.63, 3.8) is 0 Å². The number of nitrogens with zero attached hydrogens (tertiary/aromatic N) is 2. The van der Waals surface area contributed by atoms with Crippen LogP contribution in [0.3, 0.4) is 0 Å². The number of rotatable bonds is 2. The van der Waals surface area contributed by atoms with Crippen molar-refractivity contribution < 1.29 is 9.53 Å². The van der Waals surface area contributed by atoms with E-state index in [-0.39, 0.29) is 6.09 Å². The summed E-state index contributed by atoms with van der Waals surface area (Å²) in [6.07, 6.45) is 4.64. The summed E-state index contributed by atoms with van der Waals surface area (Å²) in [4.78, 5) is 17.5. The molecule has 0 bridgehead atoms. The molecule has 6 heteroatoms. The van der Waals surface area contributed by atoms with Crippen LogP contribution in [0.15, 0.2) is 0 Å². The lowest BCUT2D eigenvalue weighted by Crippen LogP contribution is -2.62. The van der Waals surface area contributed by atoms with E-state index in [0.29, 0.717) is 18.0 Å². The summed E-state index contributed by atoms with van der Waals surface area (Å²) in [6.45, 7) is 13.0. The molecule has 3 heterocycles. The smallest absolute Gasteiger partial charge is 0.410 e. The second-order valence-corrected chi connectivity index (χ2v) is 8.80. The Morgan fingerprint density at radius 2 is 1.56 bits per heavy atom. The summed E-state index contributed by atoms with van der Waals surface area (Å²) >= 11 is 0. The zero-order valence-electron chi connectivity index (χ0n) is 16.2. The molecule has 1 unspecified atom stereocenters. The molecule has 0 spiro atoms. The molecular formula is C19H36N4O2. The number of ether oxygens (including phenoxy) is 1. The van der Waals surface area contributed by atoms with Crippen LogP contribution >= 0.6 is 0 Å². The van der Waals surface area contributed by atoms with E-state index in [9.17, 15) is 4.79 Å². The third kappa shape index (κ3) is 5.08. The molecule has 0 aromatic heterocycles. The first kappa shape index (κ1) is 18.9. The maximum absolute atomic E-state index is 12.8. The zero-order chi connectivity index (χ0) is 17.9. The van der Waals surface area contributed by atoms with E-state index in [1.807, 2.05) is 25.7 Å². The molecule has 0 aromatic carbocycles. The second-order valence-electron chi connectivity index (χ2n) is 8.80. The molecule has 0 saturated carbocycles. The molecule has 3 rings (SSSR count). The van der Waals surface area contributed by atoms with Gasteiger partial charge >= 0.3 is 6.09 Å². The van der Waals surface area contributed by atoms with E-state index in [2.05, 4.69) is 15.5 Å². The minimum atomic E-state index is -0.429. The van der Waals surface area contributed by atoms with Crippen molar-refractivity contribution in [3.05, 3.63) is 0 Å². The fourth-order valence-corrected chi connectivity index (χ4v) is 4.52. The molecule has 1 atom stereocenters. The Hall–Kier alpha value is -0.850. The number of carbonyl (C=O) groups is 1. The molecule has 3 aliphatic rings. The fourth-order valence-electron chi connectivity index (χ4n) is 4.52. The number of piperidine rings is 2. The second kappa shape index (κ2) is 8.23. The lowest BCUT2D eigenvalue weighted by molar-refractivity contribution is -0.0249. The summed E-state index contributed by atoms with van der Waals surface area (Å²) in [5, 5.41) is 6.92. The highest BCUT2D eigenvalue weighted by Crippen LogP contribution is 2.28. The topological polar surface area (TPSA) is 56.8 Å². The Bertz CT molecular complexity index is 439. The molecular weight excluding hydrogens is 316 g/mol. The van der Waals surface area contributed by atoms with Gasteiger partial charge in [-0.2, -0.15) is 0 Å². The van der Waals surface area contributed by atoms with Crippen LogP contribution in [0, 0.1) is 5.92 Å². The minimum Gasteiger partial charge on any atom is -0.444 e. The predicted octanol–water partition coefficient (Wildman–Crippen LogP) is 1.66. The summed E-state index contributed by atoms with van der Waals surface area (Å²) in [7, 11) is 0. The van der Waals surface area contributed by atoms with Crippen LogP contribution in [0.5, 0.6) is 0 Å². The fraction of sp³-hybridized carbons (Fsp3) is 0.947. The van der Waals surface area contributed by atoms with Crippen LogP contribution < -0.4 is 10.6 Å². The van der Waals surface area contributed by atoms with Crippen molar-refractivity contribution in [1.82, 2.24) is 20.4 Å². The largest absolute Gasteiger partial charge is 0.444 e. The number of carbonyl (C=O) groups excluding carboxylic acids is 1. The number of piperazine rings is 1. The van der Waals surface area contributed by atoms with Gasteiger partial charge in [0.25, 0.3) is 0 Å². The van der Waals surface area contributed by atoms with Gasteiger partial charge in [0.2, 0.25) is 0 Å². The van der Waals surface area contributed by atoms with Crippen molar-refractivity contribution >= 4 is 6.09 Å². The standard InChI is InChI=1S/C19H36N4O2/c1-19(2,3)25-18(24)23-13-12-22(16-6-10-21-11-7-16)14-17(23)15-4-8-20-9-5-15/h15-17,20-21H,4-14H2,1-3H3. The van der Waals surface area contributed by atoms with Gasteiger partial charge in [-0.15, -0.1) is 0 Å². The van der Waals surface area contributed by atoms with Gasteiger partial charge in [-0.3, -0.25) is 4.90 Å². The van der Waals surface area contributed by atoms with E-state index in [4.69, 9.17) is 4.74 Å². The Balaban J connectivity index is 1.69. The van der Waals surface area contributed by atoms with Gasteiger partial charge in [0, 0.05) is 25.7 Å². The third-order valence-corrected chi connectivity index (χ3v) is 5.83. The van der Waals surface area contributed by atoms with E-state index in [1.54, 1.807) is 0 Å². The average molecular weight is 353 g/mol. The molecule has 3 fully saturated rings. The van der Waals surface area contributed by atoms with E-state index in [1.165, 1.54) is 12.8 Å². The maximum Gasteiger partial charge on any atom is 0.410 e. The molecule has 0 aromatic rings. The van der Waals surface area contributed by atoms with Crippen LogP contribution in [0.25, 0.3) is 0 Å². The molecule has 0 radical (unpaired) electrons. The van der Waals surface area contributed by atoms with Crippen LogP contribution in [0.2, 0.25) is 0 Å². The Labute approximate surface area is 152 Å². The van der Waals surface area contributed by atoms with Gasteiger partial charge in [0.1, 0.15) is 5.60 Å². The van der Waals surface area contributed by atoms with Gasteiger partial charge in [-0.25, -0.2) is 4.79 Å². The Morgan fingerprint density at radius 3 is 2.16 bits per heavy atom. The van der Waals surface area contributed by atoms with Gasteiger partial charge in [0.05, 0.1) is 6.04 Å². The molecule has 1 amide bonds. The highest BCUT2D eigenvalue weighted by molar-refractivity contribution is 5.68. The molecule has 3 aliphatic heterocycles. The van der Waals surface area contributed by atoms with Crippen molar-refractivity contribution in [2.24, 2.45) is 5.92 Å². The van der Waals surface area contributed by atoms with Gasteiger partial charge < -0.3 is 20.3 Å². The van der Waals surface area contributed by atoms with Crippen LogP contribution in [-0.2, 0) is 4.74 Å². The molecule has 2 N–H and O–H groups in total. The van der Waals surface area contributed by atoms with Crippen molar-refractivity contribution in [1.29, 1.82) is 0 Å². The highest BCUT2D eigenvalue weighted by Gasteiger charge is 2.39. The first-order chi connectivity index (χ1) is 11.9. The number of nitrogens with one attached hydrogen (secondary N) is 2. The number of hydrogen-bond donors (Lipinski definition) is 2. The lowest BCUT2D eigenvalue weighted by atomic mass is 9.87. The third-order valence-electron chi connectivity index (χ3n) is 5.83. The van der Waals surface area contributed by atoms with Crippen LogP contribution in [0.4, 0.5) is 4.79 Å². The molecule has 0 aliphatic carbocycles. The molecule has 3 saturated heterocycles. The highest BCUT2D eigenvalue weighted by atomic mass is 16.6. The maximum atomic E-state index is 12.8. The van der Waals surface area contributed by atoms with E-state index >= 15 is 0 Å². The van der Waals surface area contributed by atoms with Crippen molar-refractivity contribution in [2.45, 2.75) is 64.1 Å². The van der Waals surface area contributed by atoms with Crippen LogP contribution in [-0.4, -0.2) is 79.4 Å². The quantitative estimate of drug-likeness (QED) is 0.792. The summed E-state index contributed by atoms with van der Waals surface area (Å²) in [5.41, 5.74) is -0.429. The van der Waals surface area contributed by atoms with Gasteiger partial charge in [0.15, 0.2) is 0 Å². The number of amides is 1. The van der Waals surface area contributed by atoms with Crippen LogP contribution in [0.1, 0.15) is 46.5 Å². The Kier molecular flexibility index (Phi) is 6.23. The number of hydrogen-bond acceptors (Lipinski definition) is 5. The lowest BCUT2D eigenvalue weighted by Gasteiger charge is -2.48. The van der Waals surface area contributed by atoms with Gasteiger partial charge in [-0.1, -0.05) is 0 Å². The minimum absolute atomic E-state index is 0.124. The molecule has 25 heavy (non-hydrogen) atoms. The predicted molar refractivity (Wildman–Crippen MR) is 99.8 cm³/mol. The Morgan fingerprint density at radius 1 is 0.960 bits per heavy atom. The first-order valence-electron chi connectivity index (χ1n) is 10.1. The normalized spacial score (nSPS) is 28.1. The summed E-state index contributed by atoms with van der Waals surface area (Å²) in [5.74, 6) is 0.582.